The number of amides is 1. The second-order valence-corrected chi connectivity index (χ2v) is 6.62. The van der Waals surface area contributed by atoms with Crippen molar-refractivity contribution in [1.82, 2.24) is 20.2 Å². The van der Waals surface area contributed by atoms with Crippen LogP contribution in [0, 0.1) is 0 Å². The Morgan fingerprint density at radius 1 is 1.10 bits per heavy atom. The van der Waals surface area contributed by atoms with E-state index in [4.69, 9.17) is 14.2 Å². The van der Waals surface area contributed by atoms with Crippen molar-refractivity contribution in [2.45, 2.75) is 12.1 Å². The van der Waals surface area contributed by atoms with Crippen LogP contribution in [0.25, 0.3) is 5.69 Å². The maximum atomic E-state index is 12.4. The van der Waals surface area contributed by atoms with Crippen molar-refractivity contribution in [3.8, 4) is 22.9 Å². The number of nitrogens with zero attached hydrogens (tertiary/aromatic N) is 4. The highest BCUT2D eigenvalue weighted by Gasteiger charge is 2.15. The van der Waals surface area contributed by atoms with Gasteiger partial charge in [-0.05, 0) is 41.6 Å². The molecule has 0 bridgehead atoms. The van der Waals surface area contributed by atoms with Crippen molar-refractivity contribution in [2.24, 2.45) is 0 Å². The number of carbonyl (C=O) groups is 1. The Balaban J connectivity index is 1.69. The van der Waals surface area contributed by atoms with Crippen LogP contribution in [-0.4, -0.2) is 52.7 Å². The zero-order valence-corrected chi connectivity index (χ0v) is 17.1. The molecule has 29 heavy (non-hydrogen) atoms. The highest BCUT2D eigenvalue weighted by atomic mass is 32.2. The van der Waals surface area contributed by atoms with Gasteiger partial charge in [-0.1, -0.05) is 23.9 Å². The molecule has 1 amide bonds. The summed E-state index contributed by atoms with van der Waals surface area (Å²) in [6, 6.07) is 12.6. The molecule has 0 radical (unpaired) electrons. The van der Waals surface area contributed by atoms with E-state index >= 15 is 0 Å². The van der Waals surface area contributed by atoms with Crippen LogP contribution in [0.5, 0.6) is 17.2 Å². The number of carbonyl (C=O) groups excluding carboxylic acids is 1. The minimum atomic E-state index is -0.191. The van der Waals surface area contributed by atoms with E-state index in [1.165, 1.54) is 16.4 Å². The molecule has 3 aromatic rings. The first-order chi connectivity index (χ1) is 14.2. The number of methoxy groups -OCH3 is 2. The highest BCUT2D eigenvalue weighted by molar-refractivity contribution is 7.99. The molecule has 1 heterocycles. The normalized spacial score (nSPS) is 10.4. The third-order valence-electron chi connectivity index (χ3n) is 3.85. The molecule has 1 N–H and O–H groups in total. The number of tetrazole rings is 1. The Labute approximate surface area is 172 Å². The topological polar surface area (TPSA) is 100 Å². The molecule has 152 valence electrons. The van der Waals surface area contributed by atoms with Gasteiger partial charge in [0.2, 0.25) is 11.1 Å². The Morgan fingerprint density at radius 3 is 2.66 bits per heavy atom. The average molecular weight is 415 g/mol. The van der Waals surface area contributed by atoms with E-state index in [0.29, 0.717) is 40.4 Å². The molecule has 0 aliphatic rings. The molecule has 0 fully saturated rings. The highest BCUT2D eigenvalue weighted by Crippen LogP contribution is 2.30. The number of para-hydroxylation sites is 2. The molecule has 0 spiro atoms. The lowest BCUT2D eigenvalue weighted by Crippen LogP contribution is -2.15. The largest absolute Gasteiger partial charge is 0.493 e. The quantitative estimate of drug-likeness (QED) is 0.533. The zero-order valence-electron chi connectivity index (χ0n) is 16.3. The molecular weight excluding hydrogens is 394 g/mol. The second-order valence-electron chi connectivity index (χ2n) is 5.68. The summed E-state index contributed by atoms with van der Waals surface area (Å²) in [6.07, 6.45) is 0. The molecular formula is C19H21N5O4S. The van der Waals surface area contributed by atoms with Gasteiger partial charge in [-0.3, -0.25) is 4.79 Å². The summed E-state index contributed by atoms with van der Waals surface area (Å²) < 4.78 is 17.6. The molecule has 9 nitrogen and oxygen atoms in total. The third kappa shape index (κ3) is 4.96. The summed E-state index contributed by atoms with van der Waals surface area (Å²) in [7, 11) is 3.12. The van der Waals surface area contributed by atoms with E-state index in [0.717, 1.165) is 0 Å². The number of anilines is 1. The van der Waals surface area contributed by atoms with Gasteiger partial charge in [-0.25, -0.2) is 0 Å². The van der Waals surface area contributed by atoms with Gasteiger partial charge in [0.15, 0.2) is 11.5 Å². The number of benzene rings is 2. The molecule has 0 saturated heterocycles. The molecule has 10 heteroatoms. The van der Waals surface area contributed by atoms with Crippen molar-refractivity contribution in [1.29, 1.82) is 0 Å². The predicted molar refractivity (Wildman–Crippen MR) is 109 cm³/mol. The summed E-state index contributed by atoms with van der Waals surface area (Å²) in [5.74, 6) is 1.73. The van der Waals surface area contributed by atoms with E-state index in [9.17, 15) is 4.79 Å². The summed E-state index contributed by atoms with van der Waals surface area (Å²) in [5, 5.41) is 15.1. The number of hydrogen-bond donors (Lipinski definition) is 1. The van der Waals surface area contributed by atoms with Gasteiger partial charge >= 0.3 is 0 Å². The van der Waals surface area contributed by atoms with Gasteiger partial charge in [-0.2, -0.15) is 4.68 Å². The monoisotopic (exact) mass is 415 g/mol. The fraction of sp³-hybridized carbons (Fsp3) is 0.263. The molecule has 0 aliphatic carbocycles. The number of thioether (sulfide) groups is 1. The van der Waals surface area contributed by atoms with Gasteiger partial charge in [-0.15, -0.1) is 5.10 Å². The summed E-state index contributed by atoms with van der Waals surface area (Å²) in [5.41, 5.74) is 1.32. The summed E-state index contributed by atoms with van der Waals surface area (Å²) in [6.45, 7) is 2.41. The average Bonchev–Trinajstić information content (AvgIpc) is 3.22. The molecule has 2 aromatic carbocycles. The van der Waals surface area contributed by atoms with E-state index in [-0.39, 0.29) is 11.7 Å². The fourth-order valence-electron chi connectivity index (χ4n) is 2.56. The van der Waals surface area contributed by atoms with E-state index in [1.807, 2.05) is 25.1 Å². The summed E-state index contributed by atoms with van der Waals surface area (Å²) >= 11 is 1.22. The van der Waals surface area contributed by atoms with Crippen LogP contribution in [-0.2, 0) is 4.79 Å². The van der Waals surface area contributed by atoms with Gasteiger partial charge in [0.05, 0.1) is 38.0 Å². The number of ether oxygens (including phenoxy) is 3. The van der Waals surface area contributed by atoms with Crippen LogP contribution < -0.4 is 19.5 Å². The van der Waals surface area contributed by atoms with E-state index in [2.05, 4.69) is 20.8 Å². The van der Waals surface area contributed by atoms with Gasteiger partial charge in [0.25, 0.3) is 0 Å². The van der Waals surface area contributed by atoms with Gasteiger partial charge in [0.1, 0.15) is 5.75 Å². The Hall–Kier alpha value is -3.27. The smallest absolute Gasteiger partial charge is 0.234 e. The van der Waals surface area contributed by atoms with Crippen molar-refractivity contribution < 1.29 is 19.0 Å². The van der Waals surface area contributed by atoms with Gasteiger partial charge < -0.3 is 19.5 Å². The number of rotatable bonds is 9. The Morgan fingerprint density at radius 2 is 1.90 bits per heavy atom. The second kappa shape index (κ2) is 9.78. The zero-order chi connectivity index (χ0) is 20.6. The van der Waals surface area contributed by atoms with Gasteiger partial charge in [0, 0.05) is 6.07 Å². The lowest BCUT2D eigenvalue weighted by Gasteiger charge is -2.11. The molecule has 0 atom stereocenters. The first-order valence-electron chi connectivity index (χ1n) is 8.81. The molecule has 1 aromatic heterocycles. The Bertz CT molecular complexity index is 979. The lowest BCUT2D eigenvalue weighted by atomic mass is 10.3. The maximum absolute atomic E-state index is 12.4. The van der Waals surface area contributed by atoms with Crippen LogP contribution in [0.3, 0.4) is 0 Å². The van der Waals surface area contributed by atoms with Crippen LogP contribution in [0.1, 0.15) is 6.92 Å². The Kier molecular flexibility index (Phi) is 6.90. The lowest BCUT2D eigenvalue weighted by molar-refractivity contribution is -0.113. The van der Waals surface area contributed by atoms with E-state index < -0.39 is 0 Å². The van der Waals surface area contributed by atoms with Crippen LogP contribution in [0.15, 0.2) is 47.6 Å². The first-order valence-corrected chi connectivity index (χ1v) is 9.80. The molecule has 3 rings (SSSR count). The number of aromatic nitrogens is 4. The third-order valence-corrected chi connectivity index (χ3v) is 4.77. The minimum Gasteiger partial charge on any atom is -0.493 e. The first kappa shape index (κ1) is 20.5. The molecule has 0 aliphatic heterocycles. The van der Waals surface area contributed by atoms with Crippen molar-refractivity contribution >= 4 is 23.4 Å². The van der Waals surface area contributed by atoms with Crippen molar-refractivity contribution in [2.75, 3.05) is 31.9 Å². The minimum absolute atomic E-state index is 0.133. The van der Waals surface area contributed by atoms with Crippen molar-refractivity contribution in [3.05, 3.63) is 42.5 Å². The number of hydrogen-bond acceptors (Lipinski definition) is 8. The van der Waals surface area contributed by atoms with Crippen LogP contribution in [0.4, 0.5) is 5.69 Å². The van der Waals surface area contributed by atoms with Crippen LogP contribution in [0.2, 0.25) is 0 Å². The SMILES string of the molecule is CCOc1ccccc1NC(=O)CSc1nnnn1-c1ccc(OC)c(OC)c1. The molecule has 0 saturated carbocycles. The predicted octanol–water partition coefficient (Wildman–Crippen LogP) is 2.81. The maximum Gasteiger partial charge on any atom is 0.234 e. The standard InChI is InChI=1S/C19H21N5O4S/c1-4-28-15-8-6-5-7-14(15)20-18(25)12-29-19-21-22-23-24(19)13-9-10-16(26-2)17(11-13)27-3/h5-11H,4,12H2,1-3H3,(H,20,25). The summed E-state index contributed by atoms with van der Waals surface area (Å²) in [4.78, 5) is 12.4. The number of nitrogens with one attached hydrogen (secondary N) is 1. The fourth-order valence-corrected chi connectivity index (χ4v) is 3.25. The van der Waals surface area contributed by atoms with E-state index in [1.54, 1.807) is 38.5 Å². The molecule has 0 unspecified atom stereocenters. The van der Waals surface area contributed by atoms with Crippen molar-refractivity contribution in [3.63, 3.8) is 0 Å². The van der Waals surface area contributed by atoms with Crippen LogP contribution >= 0.6 is 11.8 Å².